The first-order valence-electron chi connectivity index (χ1n) is 7.74. The quantitative estimate of drug-likeness (QED) is 0.732. The topological polar surface area (TPSA) is 76.1 Å². The molecule has 0 fully saturated rings. The lowest BCUT2D eigenvalue weighted by Gasteiger charge is -2.08. The molecule has 0 aliphatic carbocycles. The Morgan fingerprint density at radius 2 is 2.09 bits per heavy atom. The third-order valence-electron chi connectivity index (χ3n) is 3.29. The highest BCUT2D eigenvalue weighted by Crippen LogP contribution is 2.19. The summed E-state index contributed by atoms with van der Waals surface area (Å²) in [4.78, 5) is 20.3. The van der Waals surface area contributed by atoms with Crippen LogP contribution in [0.25, 0.3) is 0 Å². The van der Waals surface area contributed by atoms with Crippen LogP contribution < -0.4 is 15.4 Å². The van der Waals surface area contributed by atoms with Crippen molar-refractivity contribution in [2.75, 3.05) is 19.0 Å². The molecule has 0 saturated heterocycles. The summed E-state index contributed by atoms with van der Waals surface area (Å²) in [6, 6.07) is 7.50. The Morgan fingerprint density at radius 1 is 1.22 bits per heavy atom. The Balaban J connectivity index is 1.92. The number of amides is 1. The van der Waals surface area contributed by atoms with Crippen LogP contribution in [0.4, 0.5) is 11.5 Å². The van der Waals surface area contributed by atoms with Gasteiger partial charge in [-0.2, -0.15) is 0 Å². The minimum atomic E-state index is -0.193. The van der Waals surface area contributed by atoms with Gasteiger partial charge >= 0.3 is 0 Å². The largest absolute Gasteiger partial charge is 0.497 e. The summed E-state index contributed by atoms with van der Waals surface area (Å²) in [7, 11) is 1.62. The van der Waals surface area contributed by atoms with Crippen molar-refractivity contribution >= 4 is 17.4 Å². The van der Waals surface area contributed by atoms with Crippen molar-refractivity contribution < 1.29 is 9.53 Å². The molecule has 1 heterocycles. The lowest BCUT2D eigenvalue weighted by molar-refractivity contribution is 0.0947. The molecule has 0 unspecified atom stereocenters. The van der Waals surface area contributed by atoms with E-state index in [1.807, 2.05) is 24.3 Å². The van der Waals surface area contributed by atoms with Gasteiger partial charge in [-0.1, -0.05) is 25.8 Å². The van der Waals surface area contributed by atoms with Crippen LogP contribution in [0, 0.1) is 0 Å². The number of aromatic nitrogens is 2. The molecule has 6 heteroatoms. The molecule has 122 valence electrons. The number of hydrogen-bond donors (Lipinski definition) is 2. The van der Waals surface area contributed by atoms with E-state index >= 15 is 0 Å². The molecule has 0 radical (unpaired) electrons. The van der Waals surface area contributed by atoms with Gasteiger partial charge in [-0.3, -0.25) is 4.79 Å². The summed E-state index contributed by atoms with van der Waals surface area (Å²) < 4.78 is 5.17. The lowest BCUT2D eigenvalue weighted by Crippen LogP contribution is -2.25. The van der Waals surface area contributed by atoms with Crippen molar-refractivity contribution in [1.82, 2.24) is 15.3 Å². The number of anilines is 2. The van der Waals surface area contributed by atoms with Crippen LogP contribution in [-0.2, 0) is 0 Å². The van der Waals surface area contributed by atoms with Crippen molar-refractivity contribution in [2.45, 2.75) is 26.2 Å². The first kappa shape index (κ1) is 16.7. The smallest absolute Gasteiger partial charge is 0.271 e. The number of ether oxygens (including phenoxy) is 1. The van der Waals surface area contributed by atoms with E-state index < -0.39 is 0 Å². The van der Waals surface area contributed by atoms with Gasteiger partial charge in [0.1, 0.15) is 17.3 Å². The molecule has 0 aliphatic heterocycles. The Kier molecular flexibility index (Phi) is 6.35. The first-order valence-corrected chi connectivity index (χ1v) is 7.74. The molecular formula is C17H22N4O2. The molecule has 1 aromatic heterocycles. The second-order valence-corrected chi connectivity index (χ2v) is 5.11. The normalized spacial score (nSPS) is 10.2. The van der Waals surface area contributed by atoms with Crippen LogP contribution in [0.1, 0.15) is 36.7 Å². The van der Waals surface area contributed by atoms with Crippen LogP contribution in [0.5, 0.6) is 5.75 Å². The zero-order valence-electron chi connectivity index (χ0n) is 13.5. The van der Waals surface area contributed by atoms with Crippen molar-refractivity contribution in [3.8, 4) is 5.75 Å². The molecule has 2 aromatic rings. The molecule has 0 spiro atoms. The van der Waals surface area contributed by atoms with E-state index in [2.05, 4.69) is 27.5 Å². The van der Waals surface area contributed by atoms with Gasteiger partial charge in [-0.05, 0) is 18.6 Å². The fraction of sp³-hybridized carbons (Fsp3) is 0.353. The maximum absolute atomic E-state index is 11.9. The molecule has 0 aliphatic rings. The summed E-state index contributed by atoms with van der Waals surface area (Å²) in [5.41, 5.74) is 1.16. The van der Waals surface area contributed by atoms with Gasteiger partial charge in [0, 0.05) is 18.3 Å². The zero-order chi connectivity index (χ0) is 16.5. The van der Waals surface area contributed by atoms with Crippen molar-refractivity contribution in [3.05, 3.63) is 42.4 Å². The van der Waals surface area contributed by atoms with Crippen LogP contribution in [0.3, 0.4) is 0 Å². The summed E-state index contributed by atoms with van der Waals surface area (Å²) >= 11 is 0. The highest BCUT2D eigenvalue weighted by molar-refractivity contribution is 5.92. The van der Waals surface area contributed by atoms with Gasteiger partial charge < -0.3 is 15.4 Å². The molecular weight excluding hydrogens is 292 g/mol. The number of benzene rings is 1. The summed E-state index contributed by atoms with van der Waals surface area (Å²) in [5.74, 6) is 1.13. The maximum atomic E-state index is 11.9. The Hall–Kier alpha value is -2.63. The monoisotopic (exact) mass is 314 g/mol. The highest BCUT2D eigenvalue weighted by atomic mass is 16.5. The Bertz CT molecular complexity index is 629. The van der Waals surface area contributed by atoms with Crippen molar-refractivity contribution in [1.29, 1.82) is 0 Å². The fourth-order valence-electron chi connectivity index (χ4n) is 2.03. The van der Waals surface area contributed by atoms with E-state index in [1.54, 1.807) is 13.3 Å². The van der Waals surface area contributed by atoms with E-state index in [9.17, 15) is 4.79 Å². The number of rotatable bonds is 8. The van der Waals surface area contributed by atoms with Crippen LogP contribution in [-0.4, -0.2) is 29.5 Å². The average Bonchev–Trinajstić information content (AvgIpc) is 2.59. The maximum Gasteiger partial charge on any atom is 0.271 e. The molecule has 0 bridgehead atoms. The molecule has 0 saturated carbocycles. The predicted octanol–water partition coefficient (Wildman–Crippen LogP) is 3.15. The zero-order valence-corrected chi connectivity index (χ0v) is 13.5. The third-order valence-corrected chi connectivity index (χ3v) is 3.29. The molecule has 6 nitrogen and oxygen atoms in total. The van der Waals surface area contributed by atoms with Gasteiger partial charge in [0.25, 0.3) is 5.91 Å². The van der Waals surface area contributed by atoms with E-state index in [-0.39, 0.29) is 5.91 Å². The minimum Gasteiger partial charge on any atom is -0.497 e. The number of carbonyl (C=O) groups is 1. The van der Waals surface area contributed by atoms with Gasteiger partial charge in [-0.15, -0.1) is 0 Å². The van der Waals surface area contributed by atoms with Crippen molar-refractivity contribution in [2.24, 2.45) is 0 Å². The number of nitrogens with one attached hydrogen (secondary N) is 2. The molecule has 1 amide bonds. The lowest BCUT2D eigenvalue weighted by atomic mass is 10.2. The van der Waals surface area contributed by atoms with Crippen LogP contribution in [0.15, 0.2) is 36.7 Å². The highest BCUT2D eigenvalue weighted by Gasteiger charge is 2.07. The summed E-state index contributed by atoms with van der Waals surface area (Å²) in [6.45, 7) is 2.79. The molecule has 2 N–H and O–H groups in total. The molecule has 0 atom stereocenters. The number of carbonyl (C=O) groups excluding carboxylic acids is 1. The summed E-state index contributed by atoms with van der Waals surface area (Å²) in [5, 5.41) is 5.96. The molecule has 2 rings (SSSR count). The minimum absolute atomic E-state index is 0.193. The van der Waals surface area contributed by atoms with E-state index in [0.717, 1.165) is 30.7 Å². The number of nitrogens with zero attached hydrogens (tertiary/aromatic N) is 2. The van der Waals surface area contributed by atoms with Gasteiger partial charge in [-0.25, -0.2) is 9.97 Å². The number of methoxy groups -OCH3 is 1. The Labute approximate surface area is 136 Å². The van der Waals surface area contributed by atoms with E-state index in [1.165, 1.54) is 6.20 Å². The van der Waals surface area contributed by atoms with Gasteiger partial charge in [0.2, 0.25) is 0 Å². The van der Waals surface area contributed by atoms with E-state index in [0.29, 0.717) is 18.1 Å². The predicted molar refractivity (Wildman–Crippen MR) is 90.2 cm³/mol. The Morgan fingerprint density at radius 3 is 2.78 bits per heavy atom. The number of hydrogen-bond acceptors (Lipinski definition) is 5. The van der Waals surface area contributed by atoms with Gasteiger partial charge in [0.05, 0.1) is 19.5 Å². The van der Waals surface area contributed by atoms with Crippen molar-refractivity contribution in [3.63, 3.8) is 0 Å². The third kappa shape index (κ3) is 5.25. The number of unbranched alkanes of at least 4 members (excludes halogenated alkanes) is 2. The standard InChI is InChI=1S/C17H22N4O2/c1-3-4-5-9-18-17(22)15-11-20-16(12-19-15)21-13-7-6-8-14(10-13)23-2/h6-8,10-12H,3-5,9H2,1-2H3,(H,18,22)(H,20,21). The molecule has 23 heavy (non-hydrogen) atoms. The second kappa shape index (κ2) is 8.73. The first-order chi connectivity index (χ1) is 11.2. The fourth-order valence-corrected chi connectivity index (χ4v) is 2.03. The van der Waals surface area contributed by atoms with Crippen LogP contribution in [0.2, 0.25) is 0 Å². The second-order valence-electron chi connectivity index (χ2n) is 5.11. The summed E-state index contributed by atoms with van der Waals surface area (Å²) in [6.07, 6.45) is 6.22. The van der Waals surface area contributed by atoms with Crippen LogP contribution >= 0.6 is 0 Å². The SMILES string of the molecule is CCCCCNC(=O)c1cnc(Nc2cccc(OC)c2)cn1. The average molecular weight is 314 g/mol. The molecule has 1 aromatic carbocycles. The van der Waals surface area contributed by atoms with Gasteiger partial charge in [0.15, 0.2) is 0 Å². The van der Waals surface area contributed by atoms with E-state index in [4.69, 9.17) is 4.74 Å².